The maximum Gasteiger partial charge on any atom is 0.101 e. The van der Waals surface area contributed by atoms with Crippen LogP contribution in [0.4, 0.5) is 0 Å². The Morgan fingerprint density at radius 2 is 2.20 bits per heavy atom. The fourth-order valence-electron chi connectivity index (χ4n) is 1.57. The molecule has 15 heavy (non-hydrogen) atoms. The first-order chi connectivity index (χ1) is 7.27. The van der Waals surface area contributed by atoms with Crippen molar-refractivity contribution in [3.8, 4) is 0 Å². The van der Waals surface area contributed by atoms with Crippen LogP contribution in [0, 0.1) is 0 Å². The molecule has 0 amide bonds. The van der Waals surface area contributed by atoms with Crippen LogP contribution in [0.25, 0.3) is 0 Å². The maximum absolute atomic E-state index is 6.10. The zero-order valence-electron chi connectivity index (χ0n) is 8.26. The molecule has 0 spiro atoms. The summed E-state index contributed by atoms with van der Waals surface area (Å²) in [7, 11) is 0. The van der Waals surface area contributed by atoms with Crippen molar-refractivity contribution in [1.29, 1.82) is 0 Å². The lowest BCUT2D eigenvalue weighted by Crippen LogP contribution is -2.31. The van der Waals surface area contributed by atoms with E-state index in [1.807, 2.05) is 12.1 Å². The van der Waals surface area contributed by atoms with E-state index < -0.39 is 0 Å². The Kier molecular flexibility index (Phi) is 3.49. The standard InChI is InChI=1S/C11H12Cl2N2/c12-9-4-1-3-8(11(9)13)7-10-14-5-2-6-15-10/h1,3-4H,2,5-7H2,(H,14,15). The molecule has 0 fully saturated rings. The second-order valence-corrected chi connectivity index (χ2v) is 4.28. The van der Waals surface area contributed by atoms with Crippen molar-refractivity contribution >= 4 is 29.0 Å². The molecule has 1 heterocycles. The topological polar surface area (TPSA) is 24.4 Å². The molecule has 0 bridgehead atoms. The summed E-state index contributed by atoms with van der Waals surface area (Å²) in [5, 5.41) is 4.50. The second-order valence-electron chi connectivity index (χ2n) is 3.50. The van der Waals surface area contributed by atoms with Gasteiger partial charge < -0.3 is 5.32 Å². The molecule has 0 radical (unpaired) electrons. The van der Waals surface area contributed by atoms with E-state index in [1.54, 1.807) is 6.07 Å². The lowest BCUT2D eigenvalue weighted by atomic mass is 10.1. The van der Waals surface area contributed by atoms with E-state index in [0.29, 0.717) is 10.0 Å². The van der Waals surface area contributed by atoms with E-state index in [4.69, 9.17) is 23.2 Å². The van der Waals surface area contributed by atoms with Gasteiger partial charge in [-0.3, -0.25) is 4.99 Å². The number of hydrogen-bond donors (Lipinski definition) is 1. The highest BCUT2D eigenvalue weighted by molar-refractivity contribution is 6.42. The van der Waals surface area contributed by atoms with Gasteiger partial charge in [0.05, 0.1) is 10.0 Å². The highest BCUT2D eigenvalue weighted by Gasteiger charge is 2.09. The van der Waals surface area contributed by atoms with Crippen LogP contribution in [-0.2, 0) is 6.42 Å². The Labute approximate surface area is 99.3 Å². The van der Waals surface area contributed by atoms with Crippen molar-refractivity contribution in [3.05, 3.63) is 33.8 Å². The molecular weight excluding hydrogens is 231 g/mol. The molecule has 1 aromatic carbocycles. The Balaban J connectivity index is 2.16. The molecule has 0 aromatic heterocycles. The van der Waals surface area contributed by atoms with Gasteiger partial charge in [0.1, 0.15) is 5.84 Å². The molecule has 0 saturated heterocycles. The van der Waals surface area contributed by atoms with E-state index in [1.165, 1.54) is 0 Å². The minimum Gasteiger partial charge on any atom is -0.373 e. The van der Waals surface area contributed by atoms with Crippen LogP contribution in [0.1, 0.15) is 12.0 Å². The van der Waals surface area contributed by atoms with Gasteiger partial charge >= 0.3 is 0 Å². The first-order valence-electron chi connectivity index (χ1n) is 4.97. The summed E-state index contributed by atoms with van der Waals surface area (Å²) in [6, 6.07) is 5.68. The second kappa shape index (κ2) is 4.86. The predicted molar refractivity (Wildman–Crippen MR) is 65.1 cm³/mol. The number of nitrogens with one attached hydrogen (secondary N) is 1. The van der Waals surface area contributed by atoms with E-state index >= 15 is 0 Å². The zero-order chi connectivity index (χ0) is 10.7. The van der Waals surface area contributed by atoms with Crippen LogP contribution in [0.2, 0.25) is 10.0 Å². The Morgan fingerprint density at radius 3 is 2.93 bits per heavy atom. The molecular formula is C11H12Cl2N2. The highest BCUT2D eigenvalue weighted by atomic mass is 35.5. The van der Waals surface area contributed by atoms with Crippen LogP contribution in [0.15, 0.2) is 23.2 Å². The third-order valence-corrected chi connectivity index (χ3v) is 3.21. The predicted octanol–water partition coefficient (Wildman–Crippen LogP) is 2.93. The Hall–Kier alpha value is -0.730. The molecule has 4 heteroatoms. The third kappa shape index (κ3) is 2.64. The van der Waals surface area contributed by atoms with E-state index in [-0.39, 0.29) is 0 Å². The smallest absolute Gasteiger partial charge is 0.101 e. The van der Waals surface area contributed by atoms with Gasteiger partial charge in [-0.1, -0.05) is 35.3 Å². The summed E-state index contributed by atoms with van der Waals surface area (Å²) in [5.41, 5.74) is 1.03. The van der Waals surface area contributed by atoms with Crippen molar-refractivity contribution < 1.29 is 0 Å². The lowest BCUT2D eigenvalue weighted by Gasteiger charge is -2.15. The van der Waals surface area contributed by atoms with Crippen molar-refractivity contribution in [3.63, 3.8) is 0 Å². The van der Waals surface area contributed by atoms with E-state index in [9.17, 15) is 0 Å². The van der Waals surface area contributed by atoms with Crippen LogP contribution in [-0.4, -0.2) is 18.9 Å². The third-order valence-electron chi connectivity index (χ3n) is 2.36. The number of nitrogens with zero attached hydrogens (tertiary/aromatic N) is 1. The molecule has 80 valence electrons. The van der Waals surface area contributed by atoms with Crippen molar-refractivity contribution in [1.82, 2.24) is 5.32 Å². The molecule has 1 aliphatic rings. The largest absolute Gasteiger partial charge is 0.373 e. The molecule has 0 unspecified atom stereocenters. The zero-order valence-corrected chi connectivity index (χ0v) is 9.78. The number of halogens is 2. The van der Waals surface area contributed by atoms with Crippen LogP contribution in [0.3, 0.4) is 0 Å². The molecule has 2 rings (SSSR count). The fraction of sp³-hybridized carbons (Fsp3) is 0.364. The average molecular weight is 243 g/mol. The van der Waals surface area contributed by atoms with Gasteiger partial charge in [0, 0.05) is 19.5 Å². The van der Waals surface area contributed by atoms with Crippen molar-refractivity contribution in [2.24, 2.45) is 4.99 Å². The monoisotopic (exact) mass is 242 g/mol. The molecule has 2 nitrogen and oxygen atoms in total. The first kappa shape index (κ1) is 10.8. The number of amidine groups is 1. The first-order valence-corrected chi connectivity index (χ1v) is 5.73. The van der Waals surface area contributed by atoms with E-state index in [2.05, 4.69) is 10.3 Å². The summed E-state index contributed by atoms with van der Waals surface area (Å²) >= 11 is 12.0. The molecule has 1 aliphatic heterocycles. The van der Waals surface area contributed by atoms with Crippen LogP contribution in [0.5, 0.6) is 0 Å². The molecule has 0 saturated carbocycles. The van der Waals surface area contributed by atoms with Crippen LogP contribution < -0.4 is 5.32 Å². The molecule has 0 aliphatic carbocycles. The normalized spacial score (nSPS) is 15.7. The number of benzene rings is 1. The minimum absolute atomic E-state index is 0.602. The summed E-state index contributed by atoms with van der Waals surface area (Å²) in [6.07, 6.45) is 1.84. The number of hydrogen-bond acceptors (Lipinski definition) is 2. The van der Waals surface area contributed by atoms with Crippen LogP contribution >= 0.6 is 23.2 Å². The van der Waals surface area contributed by atoms with Gasteiger partial charge in [0.2, 0.25) is 0 Å². The Bertz CT molecular complexity index is 388. The Morgan fingerprint density at radius 1 is 1.33 bits per heavy atom. The lowest BCUT2D eigenvalue weighted by molar-refractivity contribution is 0.731. The quantitative estimate of drug-likeness (QED) is 0.848. The van der Waals surface area contributed by atoms with Gasteiger partial charge in [0.15, 0.2) is 0 Å². The van der Waals surface area contributed by atoms with Crippen molar-refractivity contribution in [2.45, 2.75) is 12.8 Å². The SMILES string of the molecule is Clc1cccc(CC2=NCCCN2)c1Cl. The summed E-state index contributed by atoms with van der Waals surface area (Å²) in [6.45, 7) is 1.90. The van der Waals surface area contributed by atoms with Gasteiger partial charge in [-0.25, -0.2) is 0 Å². The number of rotatable bonds is 2. The molecule has 0 atom stereocenters. The van der Waals surface area contributed by atoms with E-state index in [0.717, 1.165) is 37.3 Å². The minimum atomic E-state index is 0.602. The average Bonchev–Trinajstić information content (AvgIpc) is 2.26. The summed E-state index contributed by atoms with van der Waals surface area (Å²) in [4.78, 5) is 4.40. The fourth-order valence-corrected chi connectivity index (χ4v) is 1.95. The molecule has 1 N–H and O–H groups in total. The maximum atomic E-state index is 6.10. The summed E-state index contributed by atoms with van der Waals surface area (Å²) < 4.78 is 0. The molecule has 1 aromatic rings. The van der Waals surface area contributed by atoms with Gasteiger partial charge in [-0.05, 0) is 18.1 Å². The van der Waals surface area contributed by atoms with Gasteiger partial charge in [-0.15, -0.1) is 0 Å². The highest BCUT2D eigenvalue weighted by Crippen LogP contribution is 2.25. The number of aliphatic imine (C=N–C) groups is 1. The van der Waals surface area contributed by atoms with Gasteiger partial charge in [0.25, 0.3) is 0 Å². The van der Waals surface area contributed by atoms with Crippen molar-refractivity contribution in [2.75, 3.05) is 13.1 Å². The van der Waals surface area contributed by atoms with Gasteiger partial charge in [-0.2, -0.15) is 0 Å². The summed E-state index contributed by atoms with van der Waals surface area (Å²) in [5.74, 6) is 1.01.